The molecule has 0 bridgehead atoms. The van der Waals surface area contributed by atoms with Crippen LogP contribution < -0.4 is 4.80 Å². The molecule has 0 atom stereocenters. The van der Waals surface area contributed by atoms with Crippen LogP contribution in [0.15, 0.2) is 46.0 Å². The minimum Gasteiger partial charge on any atom is -0.462 e. The topological polar surface area (TPSA) is 83.0 Å². The van der Waals surface area contributed by atoms with Gasteiger partial charge in [0, 0.05) is 13.2 Å². The highest BCUT2D eigenvalue weighted by molar-refractivity contribution is 7.16. The van der Waals surface area contributed by atoms with E-state index in [9.17, 15) is 9.59 Å². The van der Waals surface area contributed by atoms with Gasteiger partial charge in [0.05, 0.1) is 35.3 Å². The number of hydrogen-bond donors (Lipinski definition) is 0. The summed E-state index contributed by atoms with van der Waals surface area (Å²) in [5.74, 6) is -0.655. The summed E-state index contributed by atoms with van der Waals surface area (Å²) in [5.41, 5.74) is 1.34. The van der Waals surface area contributed by atoms with Crippen LogP contribution in [0, 0.1) is 0 Å². The highest BCUT2D eigenvalue weighted by Gasteiger charge is 2.13. The van der Waals surface area contributed by atoms with Gasteiger partial charge in [-0.15, -0.1) is 0 Å². The summed E-state index contributed by atoms with van der Waals surface area (Å²) in [6.45, 7) is 5.64. The van der Waals surface area contributed by atoms with Crippen molar-refractivity contribution in [2.24, 2.45) is 4.99 Å². The van der Waals surface area contributed by atoms with E-state index in [1.807, 2.05) is 17.6 Å². The number of hydrogen-bond acceptors (Lipinski definition) is 6. The van der Waals surface area contributed by atoms with Gasteiger partial charge in [0.25, 0.3) is 0 Å². The van der Waals surface area contributed by atoms with Gasteiger partial charge in [-0.25, -0.2) is 4.79 Å². The van der Waals surface area contributed by atoms with Crippen molar-refractivity contribution in [3.05, 3.63) is 52.7 Å². The number of benzene rings is 1. The van der Waals surface area contributed by atoms with E-state index in [0.29, 0.717) is 36.7 Å². The Labute approximate surface area is 159 Å². The summed E-state index contributed by atoms with van der Waals surface area (Å²) in [4.78, 5) is 29.0. The molecule has 27 heavy (non-hydrogen) atoms. The van der Waals surface area contributed by atoms with Gasteiger partial charge in [-0.2, -0.15) is 4.99 Å². The van der Waals surface area contributed by atoms with E-state index >= 15 is 0 Å². The monoisotopic (exact) mass is 388 g/mol. The number of furan rings is 1. The number of ether oxygens (including phenoxy) is 2. The number of amides is 1. The Bertz CT molecular complexity index is 1000. The third kappa shape index (κ3) is 4.35. The zero-order valence-corrected chi connectivity index (χ0v) is 16.0. The van der Waals surface area contributed by atoms with Crippen molar-refractivity contribution in [2.75, 3.05) is 19.8 Å². The molecule has 0 aliphatic rings. The molecule has 0 saturated heterocycles. The molecule has 8 heteroatoms. The third-order valence-electron chi connectivity index (χ3n) is 3.79. The lowest BCUT2D eigenvalue weighted by Crippen LogP contribution is -2.19. The van der Waals surface area contributed by atoms with Crippen LogP contribution in [0.2, 0.25) is 0 Å². The zero-order chi connectivity index (χ0) is 19.2. The Kier molecular flexibility index (Phi) is 6.20. The fraction of sp³-hybridized carbons (Fsp3) is 0.316. The molecule has 0 aliphatic heterocycles. The molecule has 0 N–H and O–H groups in total. The van der Waals surface area contributed by atoms with Gasteiger partial charge in [0.2, 0.25) is 0 Å². The maximum Gasteiger partial charge on any atom is 0.338 e. The van der Waals surface area contributed by atoms with Crippen molar-refractivity contribution in [1.29, 1.82) is 0 Å². The maximum atomic E-state index is 12.3. The third-order valence-corrected chi connectivity index (χ3v) is 4.83. The number of thiazole rings is 1. The average Bonchev–Trinajstić information content (AvgIpc) is 3.30. The number of esters is 1. The molecule has 1 aromatic carbocycles. The van der Waals surface area contributed by atoms with Gasteiger partial charge >= 0.3 is 11.9 Å². The van der Waals surface area contributed by atoms with E-state index in [4.69, 9.17) is 13.9 Å². The van der Waals surface area contributed by atoms with Crippen LogP contribution in [0.4, 0.5) is 0 Å². The van der Waals surface area contributed by atoms with Crippen LogP contribution in [0.1, 0.15) is 34.8 Å². The molecule has 0 spiro atoms. The standard InChI is InChI=1S/C19H20N2O5S/c1-3-24-11-9-21-14-8-7-13(18(23)25-4-2)12-16(14)27-19(21)20-17(22)15-6-5-10-26-15/h5-8,10,12H,3-4,9,11H2,1-2H3. The second-order valence-corrected chi connectivity index (χ2v) is 6.54. The van der Waals surface area contributed by atoms with Crippen molar-refractivity contribution in [3.8, 4) is 0 Å². The van der Waals surface area contributed by atoms with Crippen LogP contribution in [0.3, 0.4) is 0 Å². The first kappa shape index (κ1) is 19.1. The predicted molar refractivity (Wildman–Crippen MR) is 101 cm³/mol. The van der Waals surface area contributed by atoms with E-state index in [1.54, 1.807) is 31.2 Å². The Hall–Kier alpha value is -2.71. The number of fused-ring (bicyclic) bond motifs is 1. The van der Waals surface area contributed by atoms with Crippen molar-refractivity contribution in [3.63, 3.8) is 0 Å². The molecule has 0 fully saturated rings. The van der Waals surface area contributed by atoms with Crippen molar-refractivity contribution in [1.82, 2.24) is 4.57 Å². The number of aromatic nitrogens is 1. The first-order chi connectivity index (χ1) is 13.1. The molecular weight excluding hydrogens is 368 g/mol. The summed E-state index contributed by atoms with van der Waals surface area (Å²) >= 11 is 1.33. The number of carbonyl (C=O) groups is 2. The zero-order valence-electron chi connectivity index (χ0n) is 15.1. The molecular formula is C19H20N2O5S. The molecule has 0 unspecified atom stereocenters. The maximum absolute atomic E-state index is 12.3. The van der Waals surface area contributed by atoms with E-state index in [1.165, 1.54) is 17.6 Å². The second-order valence-electron chi connectivity index (χ2n) is 5.53. The largest absolute Gasteiger partial charge is 0.462 e. The molecule has 0 saturated carbocycles. The first-order valence-electron chi connectivity index (χ1n) is 8.64. The molecule has 3 rings (SSSR count). The molecule has 2 aromatic heterocycles. The van der Waals surface area contributed by atoms with Crippen molar-refractivity contribution < 1.29 is 23.5 Å². The van der Waals surface area contributed by atoms with Gasteiger partial charge < -0.3 is 18.5 Å². The fourth-order valence-corrected chi connectivity index (χ4v) is 3.65. The molecule has 0 aliphatic carbocycles. The fourth-order valence-electron chi connectivity index (χ4n) is 2.56. The first-order valence-corrected chi connectivity index (χ1v) is 9.46. The van der Waals surface area contributed by atoms with E-state index < -0.39 is 5.91 Å². The van der Waals surface area contributed by atoms with Crippen molar-refractivity contribution in [2.45, 2.75) is 20.4 Å². The normalized spacial score (nSPS) is 11.9. The molecule has 7 nitrogen and oxygen atoms in total. The lowest BCUT2D eigenvalue weighted by atomic mass is 10.2. The predicted octanol–water partition coefficient (Wildman–Crippen LogP) is 3.25. The highest BCUT2D eigenvalue weighted by Crippen LogP contribution is 2.20. The van der Waals surface area contributed by atoms with Crippen LogP contribution in [0.5, 0.6) is 0 Å². The summed E-state index contributed by atoms with van der Waals surface area (Å²) in [6, 6.07) is 8.51. The average molecular weight is 388 g/mol. The van der Waals surface area contributed by atoms with E-state index in [-0.39, 0.29) is 11.7 Å². The minimum atomic E-state index is -0.456. The summed E-state index contributed by atoms with van der Waals surface area (Å²) in [5, 5.41) is 0. The van der Waals surface area contributed by atoms with Gasteiger partial charge in [0.15, 0.2) is 10.6 Å². The molecule has 142 valence electrons. The lowest BCUT2D eigenvalue weighted by molar-refractivity contribution is 0.0526. The van der Waals surface area contributed by atoms with E-state index in [2.05, 4.69) is 4.99 Å². The lowest BCUT2D eigenvalue weighted by Gasteiger charge is -2.06. The van der Waals surface area contributed by atoms with Crippen LogP contribution in [0.25, 0.3) is 10.2 Å². The quantitative estimate of drug-likeness (QED) is 0.458. The van der Waals surface area contributed by atoms with Gasteiger partial charge in [-0.3, -0.25) is 4.79 Å². The van der Waals surface area contributed by atoms with Crippen LogP contribution >= 0.6 is 11.3 Å². The number of rotatable bonds is 7. The minimum absolute atomic E-state index is 0.177. The number of carbonyl (C=O) groups excluding carboxylic acids is 2. The van der Waals surface area contributed by atoms with Crippen LogP contribution in [-0.4, -0.2) is 36.3 Å². The molecule has 0 radical (unpaired) electrons. The van der Waals surface area contributed by atoms with Gasteiger partial charge in [-0.1, -0.05) is 11.3 Å². The Balaban J connectivity index is 2.05. The SMILES string of the molecule is CCOCCn1c(=NC(=O)c2ccco2)sc2cc(C(=O)OCC)ccc21. The second kappa shape index (κ2) is 8.79. The molecule has 3 aromatic rings. The Morgan fingerprint density at radius 1 is 1.22 bits per heavy atom. The Morgan fingerprint density at radius 3 is 2.78 bits per heavy atom. The van der Waals surface area contributed by atoms with E-state index in [0.717, 1.165) is 10.2 Å². The van der Waals surface area contributed by atoms with Crippen molar-refractivity contribution >= 4 is 33.4 Å². The summed E-state index contributed by atoms with van der Waals surface area (Å²) in [7, 11) is 0. The highest BCUT2D eigenvalue weighted by atomic mass is 32.1. The van der Waals surface area contributed by atoms with Crippen LogP contribution in [-0.2, 0) is 16.0 Å². The summed E-state index contributed by atoms with van der Waals surface area (Å²) in [6.07, 6.45) is 1.43. The van der Waals surface area contributed by atoms with Gasteiger partial charge in [0.1, 0.15) is 0 Å². The molecule has 2 heterocycles. The molecule has 1 amide bonds. The smallest absolute Gasteiger partial charge is 0.338 e. The van der Waals surface area contributed by atoms with Gasteiger partial charge in [-0.05, 0) is 44.2 Å². The summed E-state index contributed by atoms with van der Waals surface area (Å²) < 4.78 is 18.4. The Morgan fingerprint density at radius 2 is 2.07 bits per heavy atom. The number of nitrogens with zero attached hydrogens (tertiary/aromatic N) is 2.